The maximum Gasteiger partial charge on any atom is 0.336 e. The van der Waals surface area contributed by atoms with Gasteiger partial charge in [0.25, 0.3) is 0 Å². The van der Waals surface area contributed by atoms with Crippen LogP contribution in [-0.2, 0) is 30.5 Å². The lowest BCUT2D eigenvalue weighted by molar-refractivity contribution is -0.277. The molecule has 32 heavy (non-hydrogen) atoms. The lowest BCUT2D eigenvalue weighted by Gasteiger charge is -2.39. The van der Waals surface area contributed by atoms with E-state index in [1.807, 2.05) is 0 Å². The van der Waals surface area contributed by atoms with E-state index in [9.17, 15) is 39.9 Å². The molecule has 0 radical (unpaired) electrons. The number of esters is 1. The zero-order valence-electron chi connectivity index (χ0n) is 16.6. The monoisotopic (exact) mass is 460 g/mol. The van der Waals surface area contributed by atoms with E-state index in [0.717, 1.165) is 0 Å². The standard InChI is InChI=1S/C19H24O13/c20-7-11-14(24)15(25)16(26)17(32-11)31-10-3-1-9(2-4-10)8-30-13(23)6-19(29,18(27)28)5-12(21)22/h1-4,11,14-17,20,24-26,29H,5-8H2,(H,21,22)(H,27,28)/t11-,14-,15+,16-,17-,19-/m0/s1. The third-order valence-corrected chi connectivity index (χ3v) is 4.70. The summed E-state index contributed by atoms with van der Waals surface area (Å²) in [4.78, 5) is 33.6. The highest BCUT2D eigenvalue weighted by Crippen LogP contribution is 2.25. The van der Waals surface area contributed by atoms with Crippen LogP contribution in [0.4, 0.5) is 0 Å². The van der Waals surface area contributed by atoms with E-state index in [2.05, 4.69) is 0 Å². The minimum Gasteiger partial charge on any atom is -0.481 e. The number of benzene rings is 1. The minimum atomic E-state index is -2.80. The number of aliphatic carboxylic acids is 2. The molecule has 1 saturated heterocycles. The van der Waals surface area contributed by atoms with Gasteiger partial charge in [0.2, 0.25) is 6.29 Å². The molecule has 1 aliphatic heterocycles. The van der Waals surface area contributed by atoms with Crippen molar-refractivity contribution in [1.29, 1.82) is 0 Å². The molecule has 0 amide bonds. The maximum atomic E-state index is 11.8. The molecule has 1 aromatic carbocycles. The fourth-order valence-corrected chi connectivity index (χ4v) is 2.88. The van der Waals surface area contributed by atoms with Crippen LogP contribution in [0.2, 0.25) is 0 Å². The smallest absolute Gasteiger partial charge is 0.336 e. The van der Waals surface area contributed by atoms with Gasteiger partial charge in [-0.1, -0.05) is 12.1 Å². The molecule has 0 saturated carbocycles. The van der Waals surface area contributed by atoms with Gasteiger partial charge >= 0.3 is 17.9 Å². The fourth-order valence-electron chi connectivity index (χ4n) is 2.88. The van der Waals surface area contributed by atoms with Gasteiger partial charge in [-0.05, 0) is 17.7 Å². The summed E-state index contributed by atoms with van der Waals surface area (Å²) in [7, 11) is 0. The minimum absolute atomic E-state index is 0.172. The number of carboxylic acid groups (broad SMARTS) is 2. The van der Waals surface area contributed by atoms with Crippen LogP contribution in [0.1, 0.15) is 18.4 Å². The average Bonchev–Trinajstić information content (AvgIpc) is 2.72. The molecule has 0 spiro atoms. The molecular formula is C19H24O13. The van der Waals surface area contributed by atoms with Gasteiger partial charge in [0.1, 0.15) is 36.8 Å². The molecule has 0 aromatic heterocycles. The van der Waals surface area contributed by atoms with Crippen molar-refractivity contribution in [2.45, 2.75) is 55.8 Å². The zero-order valence-corrected chi connectivity index (χ0v) is 16.6. The van der Waals surface area contributed by atoms with Gasteiger partial charge in [-0.25, -0.2) is 4.79 Å². The van der Waals surface area contributed by atoms with E-state index in [0.29, 0.717) is 5.56 Å². The molecule has 13 heteroatoms. The van der Waals surface area contributed by atoms with Crippen LogP contribution in [0.25, 0.3) is 0 Å². The Balaban J connectivity index is 1.92. The van der Waals surface area contributed by atoms with Crippen molar-refractivity contribution in [2.24, 2.45) is 0 Å². The predicted molar refractivity (Wildman–Crippen MR) is 100 cm³/mol. The number of hydrogen-bond donors (Lipinski definition) is 7. The van der Waals surface area contributed by atoms with Crippen LogP contribution in [0.15, 0.2) is 24.3 Å². The first-order chi connectivity index (χ1) is 15.0. The van der Waals surface area contributed by atoms with E-state index in [1.54, 1.807) is 0 Å². The predicted octanol–water partition coefficient (Wildman–Crippen LogP) is -2.41. The third kappa shape index (κ3) is 6.35. The molecular weight excluding hydrogens is 436 g/mol. The number of aliphatic hydroxyl groups excluding tert-OH is 4. The molecule has 1 aliphatic rings. The summed E-state index contributed by atoms with van der Waals surface area (Å²) in [6, 6.07) is 5.71. The van der Waals surface area contributed by atoms with Gasteiger partial charge in [0.05, 0.1) is 19.4 Å². The Morgan fingerprint density at radius 2 is 1.59 bits per heavy atom. The van der Waals surface area contributed by atoms with E-state index in [-0.39, 0.29) is 12.4 Å². The first-order valence-corrected chi connectivity index (χ1v) is 9.36. The summed E-state index contributed by atoms with van der Waals surface area (Å²) < 4.78 is 15.5. The number of hydrogen-bond acceptors (Lipinski definition) is 11. The van der Waals surface area contributed by atoms with Crippen molar-refractivity contribution in [3.05, 3.63) is 29.8 Å². The Labute approximate surface area is 181 Å². The highest BCUT2D eigenvalue weighted by atomic mass is 16.7. The van der Waals surface area contributed by atoms with Crippen molar-refractivity contribution < 1.29 is 64.3 Å². The lowest BCUT2D eigenvalue weighted by Crippen LogP contribution is -2.60. The molecule has 13 nitrogen and oxygen atoms in total. The van der Waals surface area contributed by atoms with Crippen LogP contribution in [0.5, 0.6) is 5.75 Å². The molecule has 6 atom stereocenters. The van der Waals surface area contributed by atoms with Gasteiger partial charge < -0.3 is 50.0 Å². The van der Waals surface area contributed by atoms with Gasteiger partial charge in [-0.2, -0.15) is 0 Å². The van der Waals surface area contributed by atoms with E-state index in [1.165, 1.54) is 24.3 Å². The number of carbonyl (C=O) groups excluding carboxylic acids is 1. The van der Waals surface area contributed by atoms with Gasteiger partial charge in [-0.15, -0.1) is 0 Å². The molecule has 1 fully saturated rings. The summed E-state index contributed by atoms with van der Waals surface area (Å²) in [5.74, 6) is -4.42. The van der Waals surface area contributed by atoms with Crippen molar-refractivity contribution in [3.63, 3.8) is 0 Å². The van der Waals surface area contributed by atoms with Crippen LogP contribution < -0.4 is 4.74 Å². The van der Waals surface area contributed by atoms with Crippen LogP contribution in [-0.4, -0.2) is 96.6 Å². The first kappa shape index (κ1) is 25.5. The molecule has 0 bridgehead atoms. The first-order valence-electron chi connectivity index (χ1n) is 9.36. The largest absolute Gasteiger partial charge is 0.481 e. The van der Waals surface area contributed by atoms with Crippen LogP contribution >= 0.6 is 0 Å². The topological polar surface area (TPSA) is 221 Å². The molecule has 0 unspecified atom stereocenters. The van der Waals surface area contributed by atoms with Crippen molar-refractivity contribution in [3.8, 4) is 5.75 Å². The summed E-state index contributed by atoms with van der Waals surface area (Å²) in [6.45, 7) is -0.930. The Morgan fingerprint density at radius 3 is 2.12 bits per heavy atom. The third-order valence-electron chi connectivity index (χ3n) is 4.70. The maximum absolute atomic E-state index is 11.8. The van der Waals surface area contributed by atoms with Crippen LogP contribution in [0.3, 0.4) is 0 Å². The molecule has 1 heterocycles. The molecule has 178 valence electrons. The van der Waals surface area contributed by atoms with Gasteiger partial charge in [0, 0.05) is 0 Å². The zero-order chi connectivity index (χ0) is 24.1. The Hall–Kier alpha value is -2.81. The summed E-state index contributed by atoms with van der Waals surface area (Å²) >= 11 is 0. The van der Waals surface area contributed by atoms with E-state index >= 15 is 0 Å². The normalized spacial score (nSPS) is 27.2. The molecule has 7 N–H and O–H groups in total. The quantitative estimate of drug-likeness (QED) is 0.181. The highest BCUT2D eigenvalue weighted by molar-refractivity contribution is 5.88. The second-order valence-electron chi connectivity index (χ2n) is 7.20. The van der Waals surface area contributed by atoms with Gasteiger partial charge in [0.15, 0.2) is 5.60 Å². The summed E-state index contributed by atoms with van der Waals surface area (Å²) in [5.41, 5.74) is -2.37. The average molecular weight is 460 g/mol. The number of rotatable bonds is 10. The number of ether oxygens (including phenoxy) is 3. The fraction of sp³-hybridized carbons (Fsp3) is 0.526. The second-order valence-corrected chi connectivity index (χ2v) is 7.20. The SMILES string of the molecule is O=C(O)C[C@](O)(CC(=O)OCc1ccc(O[C@H]2O[C@@H](CO)[C@H](O)[C@@H](O)[C@@H]2O)cc1)C(=O)O. The Morgan fingerprint density at radius 1 is 0.969 bits per heavy atom. The number of carboxylic acids is 2. The second kappa shape index (κ2) is 10.7. The number of aliphatic hydroxyl groups is 5. The Bertz CT molecular complexity index is 808. The number of carbonyl (C=O) groups is 3. The Kier molecular flexibility index (Phi) is 8.49. The van der Waals surface area contributed by atoms with Crippen molar-refractivity contribution in [1.82, 2.24) is 0 Å². The van der Waals surface area contributed by atoms with E-state index in [4.69, 9.17) is 24.4 Å². The van der Waals surface area contributed by atoms with Gasteiger partial charge in [-0.3, -0.25) is 9.59 Å². The summed E-state index contributed by atoms with van der Waals surface area (Å²) in [5, 5.41) is 66.2. The van der Waals surface area contributed by atoms with E-state index < -0.39 is 73.7 Å². The van der Waals surface area contributed by atoms with Crippen molar-refractivity contribution in [2.75, 3.05) is 6.61 Å². The van der Waals surface area contributed by atoms with Crippen LogP contribution in [0, 0.1) is 0 Å². The molecule has 0 aliphatic carbocycles. The molecule has 1 aromatic rings. The lowest BCUT2D eigenvalue weighted by atomic mass is 9.96. The highest BCUT2D eigenvalue weighted by Gasteiger charge is 2.45. The summed E-state index contributed by atoms with van der Waals surface area (Å²) in [6.07, 6.45) is -9.47. The van der Waals surface area contributed by atoms with Crippen molar-refractivity contribution >= 4 is 17.9 Å². The molecule has 2 rings (SSSR count).